The SMILES string of the molecule is N#CC1=C2CCCN2c2ccc(Cl)cc2S1(=O)=O. The van der Waals surface area contributed by atoms with Crippen molar-refractivity contribution in [3.05, 3.63) is 33.8 Å². The number of hydrogen-bond donors (Lipinski definition) is 0. The maximum Gasteiger partial charge on any atom is 0.220 e. The average Bonchev–Trinajstić information content (AvgIpc) is 2.78. The minimum atomic E-state index is -3.72. The van der Waals surface area contributed by atoms with Crippen LogP contribution >= 0.6 is 11.6 Å². The highest BCUT2D eigenvalue weighted by Gasteiger charge is 2.38. The van der Waals surface area contributed by atoms with Gasteiger partial charge in [0.2, 0.25) is 9.84 Å². The van der Waals surface area contributed by atoms with E-state index in [4.69, 9.17) is 16.9 Å². The second kappa shape index (κ2) is 3.74. The molecule has 1 aromatic carbocycles. The predicted octanol–water partition coefficient (Wildman–Crippen LogP) is 2.46. The van der Waals surface area contributed by atoms with Crippen LogP contribution in [0.4, 0.5) is 5.69 Å². The lowest BCUT2D eigenvalue weighted by Gasteiger charge is -2.28. The Morgan fingerprint density at radius 3 is 2.89 bits per heavy atom. The molecule has 2 aliphatic heterocycles. The summed E-state index contributed by atoms with van der Waals surface area (Å²) in [4.78, 5) is 1.91. The van der Waals surface area contributed by atoms with Crippen molar-refractivity contribution in [2.45, 2.75) is 17.7 Å². The summed E-state index contributed by atoms with van der Waals surface area (Å²) in [6, 6.07) is 6.62. The molecule has 6 heteroatoms. The van der Waals surface area contributed by atoms with Crippen LogP contribution in [0.3, 0.4) is 0 Å². The molecule has 1 aromatic rings. The van der Waals surface area contributed by atoms with Gasteiger partial charge in [0.05, 0.1) is 10.6 Å². The Labute approximate surface area is 110 Å². The first kappa shape index (κ1) is 11.6. The summed E-state index contributed by atoms with van der Waals surface area (Å²) in [5.74, 6) is 0. The molecule has 18 heavy (non-hydrogen) atoms. The molecule has 0 aliphatic carbocycles. The van der Waals surface area contributed by atoms with Crippen LogP contribution in [0.15, 0.2) is 33.7 Å². The number of anilines is 1. The third-order valence-corrected chi connectivity index (χ3v) is 5.26. The van der Waals surface area contributed by atoms with Crippen molar-refractivity contribution in [1.82, 2.24) is 0 Å². The summed E-state index contributed by atoms with van der Waals surface area (Å²) in [6.45, 7) is 0.741. The van der Waals surface area contributed by atoms with Crippen molar-refractivity contribution < 1.29 is 8.42 Å². The fourth-order valence-corrected chi connectivity index (χ4v) is 4.33. The number of halogens is 1. The second-order valence-electron chi connectivity index (χ2n) is 4.26. The zero-order valence-electron chi connectivity index (χ0n) is 9.35. The molecule has 0 radical (unpaired) electrons. The molecule has 4 nitrogen and oxygen atoms in total. The van der Waals surface area contributed by atoms with Crippen LogP contribution in [0, 0.1) is 11.3 Å². The largest absolute Gasteiger partial charge is 0.342 e. The number of benzene rings is 1. The molecule has 0 N–H and O–H groups in total. The summed E-state index contributed by atoms with van der Waals surface area (Å²) in [5.41, 5.74) is 1.25. The van der Waals surface area contributed by atoms with E-state index in [-0.39, 0.29) is 9.80 Å². The molecule has 0 saturated carbocycles. The van der Waals surface area contributed by atoms with Crippen molar-refractivity contribution >= 4 is 27.1 Å². The topological polar surface area (TPSA) is 61.2 Å². The Kier molecular flexibility index (Phi) is 2.40. The average molecular weight is 281 g/mol. The minimum absolute atomic E-state index is 0.130. The zero-order chi connectivity index (χ0) is 12.9. The maximum atomic E-state index is 12.4. The Hall–Kier alpha value is -1.51. The number of sulfone groups is 1. The number of nitrogens with zero attached hydrogens (tertiary/aromatic N) is 2. The summed E-state index contributed by atoms with van der Waals surface area (Å²) >= 11 is 5.86. The first-order valence-electron chi connectivity index (χ1n) is 5.51. The summed E-state index contributed by atoms with van der Waals surface area (Å²) < 4.78 is 24.7. The zero-order valence-corrected chi connectivity index (χ0v) is 10.9. The fraction of sp³-hybridized carbons (Fsp3) is 0.250. The van der Waals surface area contributed by atoms with Gasteiger partial charge in [0.25, 0.3) is 0 Å². The highest BCUT2D eigenvalue weighted by atomic mass is 35.5. The number of nitriles is 1. The maximum absolute atomic E-state index is 12.4. The quantitative estimate of drug-likeness (QED) is 0.732. The molecule has 0 bridgehead atoms. The molecule has 3 rings (SSSR count). The number of rotatable bonds is 0. The summed E-state index contributed by atoms with van der Waals surface area (Å²) in [6.07, 6.45) is 1.49. The normalized spacial score (nSPS) is 20.3. The van der Waals surface area contributed by atoms with Gasteiger partial charge in [0, 0.05) is 17.3 Å². The molecule has 2 aliphatic rings. The molecule has 92 valence electrons. The van der Waals surface area contributed by atoms with Crippen LogP contribution < -0.4 is 4.90 Å². The molecule has 0 unspecified atom stereocenters. The highest BCUT2D eigenvalue weighted by molar-refractivity contribution is 7.95. The van der Waals surface area contributed by atoms with Crippen molar-refractivity contribution in [2.24, 2.45) is 0 Å². The smallest absolute Gasteiger partial charge is 0.220 e. The third-order valence-electron chi connectivity index (χ3n) is 3.26. The van der Waals surface area contributed by atoms with Crippen molar-refractivity contribution in [3.63, 3.8) is 0 Å². The van der Waals surface area contributed by atoms with Crippen LogP contribution in [-0.4, -0.2) is 15.0 Å². The van der Waals surface area contributed by atoms with E-state index in [1.54, 1.807) is 12.1 Å². The predicted molar refractivity (Wildman–Crippen MR) is 67.9 cm³/mol. The van der Waals surface area contributed by atoms with Gasteiger partial charge in [-0.2, -0.15) is 5.26 Å². The van der Waals surface area contributed by atoms with E-state index >= 15 is 0 Å². The molecule has 0 aromatic heterocycles. The summed E-state index contributed by atoms with van der Waals surface area (Å²) in [5, 5.41) is 9.48. The van der Waals surface area contributed by atoms with E-state index in [1.807, 2.05) is 11.0 Å². The van der Waals surface area contributed by atoms with Gasteiger partial charge in [-0.15, -0.1) is 0 Å². The minimum Gasteiger partial charge on any atom is -0.342 e. The Balaban J connectivity index is 2.39. The lowest BCUT2D eigenvalue weighted by atomic mass is 10.2. The lowest BCUT2D eigenvalue weighted by molar-refractivity contribution is 0.601. The van der Waals surface area contributed by atoms with E-state index in [0.29, 0.717) is 22.8 Å². The molecule has 1 saturated heterocycles. The van der Waals surface area contributed by atoms with Gasteiger partial charge in [-0.1, -0.05) is 11.6 Å². The van der Waals surface area contributed by atoms with Gasteiger partial charge in [-0.25, -0.2) is 8.42 Å². The summed E-state index contributed by atoms with van der Waals surface area (Å²) in [7, 11) is -3.72. The van der Waals surface area contributed by atoms with Crippen LogP contribution in [-0.2, 0) is 9.84 Å². The van der Waals surface area contributed by atoms with Gasteiger partial charge >= 0.3 is 0 Å². The molecule has 0 amide bonds. The van der Waals surface area contributed by atoms with Crippen LogP contribution in [0.5, 0.6) is 0 Å². The molecular weight excluding hydrogens is 272 g/mol. The molecule has 0 atom stereocenters. The molecular formula is C12H9ClN2O2S. The third kappa shape index (κ3) is 1.39. The van der Waals surface area contributed by atoms with Crippen LogP contribution in [0.2, 0.25) is 5.02 Å². The Morgan fingerprint density at radius 1 is 1.39 bits per heavy atom. The fourth-order valence-electron chi connectivity index (χ4n) is 2.49. The lowest BCUT2D eigenvalue weighted by Crippen LogP contribution is -2.26. The van der Waals surface area contributed by atoms with Gasteiger partial charge in [-0.05, 0) is 31.0 Å². The molecule has 1 fully saturated rings. The van der Waals surface area contributed by atoms with E-state index in [2.05, 4.69) is 0 Å². The molecule has 0 spiro atoms. The highest BCUT2D eigenvalue weighted by Crippen LogP contribution is 2.43. The van der Waals surface area contributed by atoms with Gasteiger partial charge in [0.1, 0.15) is 6.07 Å². The van der Waals surface area contributed by atoms with E-state index in [9.17, 15) is 8.42 Å². The monoisotopic (exact) mass is 280 g/mol. The number of hydrogen-bond acceptors (Lipinski definition) is 4. The van der Waals surface area contributed by atoms with Crippen molar-refractivity contribution in [3.8, 4) is 6.07 Å². The van der Waals surface area contributed by atoms with E-state index in [0.717, 1.165) is 13.0 Å². The number of allylic oxidation sites excluding steroid dienone is 2. The van der Waals surface area contributed by atoms with E-state index in [1.165, 1.54) is 6.07 Å². The van der Waals surface area contributed by atoms with Crippen LogP contribution in [0.1, 0.15) is 12.8 Å². The van der Waals surface area contributed by atoms with Crippen molar-refractivity contribution in [2.75, 3.05) is 11.4 Å². The second-order valence-corrected chi connectivity index (χ2v) is 6.55. The molecule has 2 heterocycles. The number of fused-ring (bicyclic) bond motifs is 3. The van der Waals surface area contributed by atoms with Crippen LogP contribution in [0.25, 0.3) is 0 Å². The van der Waals surface area contributed by atoms with Gasteiger partial charge in [-0.3, -0.25) is 0 Å². The Bertz CT molecular complexity index is 716. The first-order valence-corrected chi connectivity index (χ1v) is 7.37. The Morgan fingerprint density at radius 2 is 2.17 bits per heavy atom. The first-order chi connectivity index (χ1) is 8.55. The van der Waals surface area contributed by atoms with Gasteiger partial charge < -0.3 is 4.90 Å². The standard InChI is InChI=1S/C12H9ClN2O2S/c13-8-3-4-10-11(6-8)18(16,17)12(7-14)9-2-1-5-15(9)10/h3-4,6H,1-2,5H2. The van der Waals surface area contributed by atoms with E-state index < -0.39 is 9.84 Å². The van der Waals surface area contributed by atoms with Crippen molar-refractivity contribution in [1.29, 1.82) is 5.26 Å². The van der Waals surface area contributed by atoms with Gasteiger partial charge in [0.15, 0.2) is 4.91 Å².